The fraction of sp³-hybridized carbons (Fsp3) is 0.812. The molecule has 1 aliphatic rings. The third kappa shape index (κ3) is 4.07. The zero-order chi connectivity index (χ0) is 13.5. The van der Waals surface area contributed by atoms with Crippen molar-refractivity contribution in [1.82, 2.24) is 15.1 Å². The summed E-state index contributed by atoms with van der Waals surface area (Å²) in [4.78, 5) is 0. The summed E-state index contributed by atoms with van der Waals surface area (Å²) in [6.45, 7) is 3.43. The minimum absolute atomic E-state index is 0.549. The Morgan fingerprint density at radius 1 is 1.26 bits per heavy atom. The Hall–Kier alpha value is -0.830. The monoisotopic (exact) mass is 263 g/mol. The van der Waals surface area contributed by atoms with Gasteiger partial charge in [0.15, 0.2) is 0 Å². The maximum absolute atomic E-state index is 4.40. The summed E-state index contributed by atoms with van der Waals surface area (Å²) in [7, 11) is 2.06. The predicted molar refractivity (Wildman–Crippen MR) is 80.3 cm³/mol. The van der Waals surface area contributed by atoms with Gasteiger partial charge < -0.3 is 5.32 Å². The van der Waals surface area contributed by atoms with Crippen LogP contribution in [-0.2, 0) is 13.5 Å². The zero-order valence-electron chi connectivity index (χ0n) is 12.6. The average molecular weight is 263 g/mol. The van der Waals surface area contributed by atoms with E-state index in [1.165, 1.54) is 69.0 Å². The average Bonchev–Trinajstić information content (AvgIpc) is 2.81. The molecule has 0 fully saturated rings. The van der Waals surface area contributed by atoms with E-state index in [0.29, 0.717) is 6.04 Å². The summed E-state index contributed by atoms with van der Waals surface area (Å²) in [6, 6.07) is 0.549. The molecule has 1 aliphatic carbocycles. The Morgan fingerprint density at radius 2 is 2.05 bits per heavy atom. The third-order valence-electron chi connectivity index (χ3n) is 4.30. The van der Waals surface area contributed by atoms with Gasteiger partial charge in [-0.25, -0.2) is 0 Å². The van der Waals surface area contributed by atoms with Gasteiger partial charge in [-0.05, 0) is 32.2 Å². The first-order valence-corrected chi connectivity index (χ1v) is 8.07. The van der Waals surface area contributed by atoms with E-state index in [4.69, 9.17) is 0 Å². The summed E-state index contributed by atoms with van der Waals surface area (Å²) in [5, 5.41) is 8.13. The molecule has 2 rings (SSSR count). The third-order valence-corrected chi connectivity index (χ3v) is 4.30. The number of unbranched alkanes of at least 4 members (excludes halogenated alkanes) is 5. The lowest BCUT2D eigenvalue weighted by Crippen LogP contribution is -2.26. The number of fused-ring (bicyclic) bond motifs is 1. The molecule has 0 saturated heterocycles. The molecule has 1 aromatic rings. The normalized spacial score (nSPS) is 18.5. The second-order valence-corrected chi connectivity index (χ2v) is 5.84. The van der Waals surface area contributed by atoms with Crippen LogP contribution in [0, 0.1) is 0 Å². The number of rotatable bonds is 8. The first-order valence-electron chi connectivity index (χ1n) is 8.07. The maximum Gasteiger partial charge on any atom is 0.0540 e. The highest BCUT2D eigenvalue weighted by atomic mass is 15.3. The molecular weight excluding hydrogens is 234 g/mol. The molecule has 1 heterocycles. The number of nitrogens with zero attached hydrogens (tertiary/aromatic N) is 2. The summed E-state index contributed by atoms with van der Waals surface area (Å²) >= 11 is 0. The quantitative estimate of drug-likeness (QED) is 0.724. The highest BCUT2D eigenvalue weighted by Crippen LogP contribution is 2.28. The summed E-state index contributed by atoms with van der Waals surface area (Å²) in [5.74, 6) is 0. The van der Waals surface area contributed by atoms with Crippen LogP contribution in [0.3, 0.4) is 0 Å². The van der Waals surface area contributed by atoms with Gasteiger partial charge in [0.2, 0.25) is 0 Å². The number of aryl methyl sites for hydroxylation is 1. The zero-order valence-corrected chi connectivity index (χ0v) is 12.6. The van der Waals surface area contributed by atoms with Crippen molar-refractivity contribution in [2.45, 2.75) is 70.8 Å². The van der Waals surface area contributed by atoms with Crippen LogP contribution in [0.2, 0.25) is 0 Å². The highest BCUT2D eigenvalue weighted by molar-refractivity contribution is 5.24. The van der Waals surface area contributed by atoms with Crippen LogP contribution in [0.1, 0.15) is 75.6 Å². The maximum atomic E-state index is 4.40. The van der Waals surface area contributed by atoms with E-state index in [1.54, 1.807) is 0 Å². The Labute approximate surface area is 117 Å². The molecule has 0 aliphatic heterocycles. The number of hydrogen-bond acceptors (Lipinski definition) is 2. The van der Waals surface area contributed by atoms with Gasteiger partial charge in [0.05, 0.1) is 6.20 Å². The lowest BCUT2D eigenvalue weighted by atomic mass is 9.93. The van der Waals surface area contributed by atoms with Gasteiger partial charge >= 0.3 is 0 Å². The second-order valence-electron chi connectivity index (χ2n) is 5.84. The minimum Gasteiger partial charge on any atom is -0.310 e. The molecule has 19 heavy (non-hydrogen) atoms. The highest BCUT2D eigenvalue weighted by Gasteiger charge is 2.22. The van der Waals surface area contributed by atoms with Gasteiger partial charge in [-0.1, -0.05) is 39.0 Å². The van der Waals surface area contributed by atoms with Crippen LogP contribution < -0.4 is 5.32 Å². The molecule has 0 amide bonds. The molecule has 0 bridgehead atoms. The molecule has 0 spiro atoms. The smallest absolute Gasteiger partial charge is 0.0540 e. The molecule has 3 heteroatoms. The Morgan fingerprint density at radius 3 is 2.89 bits per heavy atom. The van der Waals surface area contributed by atoms with Gasteiger partial charge in [0, 0.05) is 24.3 Å². The van der Waals surface area contributed by atoms with Crippen molar-refractivity contribution in [1.29, 1.82) is 0 Å². The van der Waals surface area contributed by atoms with Crippen molar-refractivity contribution >= 4 is 0 Å². The number of hydrogen-bond donors (Lipinski definition) is 1. The first-order chi connectivity index (χ1) is 9.33. The van der Waals surface area contributed by atoms with Crippen LogP contribution in [0.15, 0.2) is 6.20 Å². The molecule has 1 unspecified atom stereocenters. The lowest BCUT2D eigenvalue weighted by molar-refractivity contribution is 0.442. The van der Waals surface area contributed by atoms with Crippen LogP contribution in [-0.4, -0.2) is 16.3 Å². The summed E-state index contributed by atoms with van der Waals surface area (Å²) in [6.07, 6.45) is 14.1. The molecule has 1 atom stereocenters. The molecule has 3 nitrogen and oxygen atoms in total. The van der Waals surface area contributed by atoms with Crippen molar-refractivity contribution in [3.05, 3.63) is 17.5 Å². The predicted octanol–water partition coefficient (Wildman–Crippen LogP) is 3.75. The van der Waals surface area contributed by atoms with Crippen molar-refractivity contribution in [3.8, 4) is 0 Å². The van der Waals surface area contributed by atoms with E-state index < -0.39 is 0 Å². The Balaban J connectivity index is 1.67. The fourth-order valence-corrected chi connectivity index (χ4v) is 3.10. The van der Waals surface area contributed by atoms with Crippen LogP contribution in [0.25, 0.3) is 0 Å². The van der Waals surface area contributed by atoms with E-state index in [0.717, 1.165) is 6.54 Å². The molecule has 0 radical (unpaired) electrons. The van der Waals surface area contributed by atoms with E-state index >= 15 is 0 Å². The van der Waals surface area contributed by atoms with Gasteiger partial charge in [-0.15, -0.1) is 0 Å². The second kappa shape index (κ2) is 7.68. The van der Waals surface area contributed by atoms with Crippen molar-refractivity contribution in [3.63, 3.8) is 0 Å². The Kier molecular flexibility index (Phi) is 5.90. The standard InChI is InChI=1S/C16H29N3/c1-3-4-5-6-7-8-12-17-15-10-9-11-16-14(15)13-18-19(16)2/h13,15,17H,3-12H2,1-2H3. The molecule has 1 aromatic heterocycles. The summed E-state index contributed by atoms with van der Waals surface area (Å²) < 4.78 is 2.05. The number of aromatic nitrogens is 2. The minimum atomic E-state index is 0.549. The molecule has 1 N–H and O–H groups in total. The SMILES string of the molecule is CCCCCCCCNC1CCCc2c1cnn2C. The van der Waals surface area contributed by atoms with Crippen molar-refractivity contribution < 1.29 is 0 Å². The van der Waals surface area contributed by atoms with Crippen LogP contribution >= 0.6 is 0 Å². The van der Waals surface area contributed by atoms with E-state index in [9.17, 15) is 0 Å². The first kappa shape index (κ1) is 14.6. The fourth-order valence-electron chi connectivity index (χ4n) is 3.10. The lowest BCUT2D eigenvalue weighted by Gasteiger charge is -2.23. The number of nitrogens with one attached hydrogen (secondary N) is 1. The molecule has 108 valence electrons. The Bertz CT molecular complexity index is 370. The van der Waals surface area contributed by atoms with Gasteiger partial charge in [0.1, 0.15) is 0 Å². The van der Waals surface area contributed by atoms with Crippen molar-refractivity contribution in [2.75, 3.05) is 6.54 Å². The van der Waals surface area contributed by atoms with Crippen LogP contribution in [0.5, 0.6) is 0 Å². The van der Waals surface area contributed by atoms with E-state index in [1.807, 2.05) is 4.68 Å². The molecular formula is C16H29N3. The summed E-state index contributed by atoms with van der Waals surface area (Å²) in [5.41, 5.74) is 2.88. The molecule has 0 saturated carbocycles. The van der Waals surface area contributed by atoms with Gasteiger partial charge in [-0.2, -0.15) is 5.10 Å². The van der Waals surface area contributed by atoms with Crippen molar-refractivity contribution in [2.24, 2.45) is 7.05 Å². The van der Waals surface area contributed by atoms with Gasteiger partial charge in [0.25, 0.3) is 0 Å². The van der Waals surface area contributed by atoms with E-state index in [-0.39, 0.29) is 0 Å². The van der Waals surface area contributed by atoms with E-state index in [2.05, 4.69) is 30.6 Å². The largest absolute Gasteiger partial charge is 0.310 e. The topological polar surface area (TPSA) is 29.9 Å². The molecule has 0 aromatic carbocycles. The van der Waals surface area contributed by atoms with Crippen LogP contribution in [0.4, 0.5) is 0 Å². The van der Waals surface area contributed by atoms with Gasteiger partial charge in [-0.3, -0.25) is 4.68 Å².